The Bertz CT molecular complexity index is 893. The minimum absolute atomic E-state index is 0.0438. The zero-order valence-corrected chi connectivity index (χ0v) is 16.7. The third-order valence-corrected chi connectivity index (χ3v) is 5.13. The van der Waals surface area contributed by atoms with Crippen LogP contribution in [-0.2, 0) is 4.79 Å². The van der Waals surface area contributed by atoms with Crippen molar-refractivity contribution in [3.63, 3.8) is 0 Å². The van der Waals surface area contributed by atoms with Crippen LogP contribution in [0.5, 0.6) is 5.75 Å². The fourth-order valence-corrected chi connectivity index (χ4v) is 3.59. The fourth-order valence-electron chi connectivity index (χ4n) is 3.10. The van der Waals surface area contributed by atoms with Crippen LogP contribution in [0.2, 0.25) is 10.0 Å². The van der Waals surface area contributed by atoms with E-state index in [0.717, 1.165) is 25.7 Å². The van der Waals surface area contributed by atoms with Crippen LogP contribution in [0.25, 0.3) is 0 Å². The standard InChI is InChI=1S/C21H20Cl2N2O3/c22-16-9-10-18(19(23)12-16)21(27)28-17-8-4-5-14(11-17)13-24-25-20(26)15-6-2-1-3-7-15/h4-5,8-13,15H,1-3,6-7H2,(H,25,26)/b24-13-. The minimum Gasteiger partial charge on any atom is -0.423 e. The molecule has 1 saturated carbocycles. The first-order valence-electron chi connectivity index (χ1n) is 9.13. The lowest BCUT2D eigenvalue weighted by Crippen LogP contribution is -2.28. The molecule has 1 aliphatic carbocycles. The Hall–Kier alpha value is -2.37. The molecule has 2 aromatic carbocycles. The largest absolute Gasteiger partial charge is 0.423 e. The Balaban J connectivity index is 1.60. The number of hydrazone groups is 1. The summed E-state index contributed by atoms with van der Waals surface area (Å²) in [6.07, 6.45) is 6.73. The first-order chi connectivity index (χ1) is 13.5. The molecule has 2 aromatic rings. The summed E-state index contributed by atoms with van der Waals surface area (Å²) in [4.78, 5) is 24.4. The topological polar surface area (TPSA) is 67.8 Å². The molecule has 5 nitrogen and oxygen atoms in total. The second kappa shape index (κ2) is 9.71. The number of ether oxygens (including phenoxy) is 1. The molecule has 3 rings (SSSR count). The average Bonchev–Trinajstić information content (AvgIpc) is 2.68. The molecule has 0 radical (unpaired) electrons. The van der Waals surface area contributed by atoms with Gasteiger partial charge in [0.25, 0.3) is 0 Å². The van der Waals surface area contributed by atoms with Crippen molar-refractivity contribution < 1.29 is 14.3 Å². The van der Waals surface area contributed by atoms with Gasteiger partial charge >= 0.3 is 5.97 Å². The van der Waals surface area contributed by atoms with Crippen LogP contribution in [0.1, 0.15) is 48.0 Å². The lowest BCUT2D eigenvalue weighted by molar-refractivity contribution is -0.125. The highest BCUT2D eigenvalue weighted by molar-refractivity contribution is 6.36. The van der Waals surface area contributed by atoms with E-state index in [1.807, 2.05) is 0 Å². The normalized spacial score (nSPS) is 14.8. The first kappa shape index (κ1) is 20.4. The lowest BCUT2D eigenvalue weighted by Gasteiger charge is -2.19. The van der Waals surface area contributed by atoms with Gasteiger partial charge in [-0.05, 0) is 48.7 Å². The Labute approximate surface area is 173 Å². The molecule has 1 amide bonds. The molecular weight excluding hydrogens is 399 g/mol. The molecule has 0 bridgehead atoms. The Morgan fingerprint density at radius 1 is 1.07 bits per heavy atom. The Morgan fingerprint density at radius 3 is 2.61 bits per heavy atom. The number of carbonyl (C=O) groups excluding carboxylic acids is 2. The highest BCUT2D eigenvalue weighted by Gasteiger charge is 2.20. The number of hydrogen-bond acceptors (Lipinski definition) is 4. The second-order valence-electron chi connectivity index (χ2n) is 6.66. The van der Waals surface area contributed by atoms with Crippen molar-refractivity contribution in [3.05, 3.63) is 63.6 Å². The van der Waals surface area contributed by atoms with Crippen LogP contribution in [0.3, 0.4) is 0 Å². The summed E-state index contributed by atoms with van der Waals surface area (Å²) >= 11 is 11.9. The van der Waals surface area contributed by atoms with E-state index in [1.165, 1.54) is 24.8 Å². The van der Waals surface area contributed by atoms with Crippen molar-refractivity contribution >= 4 is 41.3 Å². The number of halogens is 2. The third kappa shape index (κ3) is 5.57. The van der Waals surface area contributed by atoms with Crippen molar-refractivity contribution in [3.8, 4) is 5.75 Å². The van der Waals surface area contributed by atoms with Gasteiger partial charge in [-0.2, -0.15) is 5.10 Å². The van der Waals surface area contributed by atoms with Crippen LogP contribution in [0, 0.1) is 5.92 Å². The quantitative estimate of drug-likeness (QED) is 0.312. The number of esters is 1. The highest BCUT2D eigenvalue weighted by atomic mass is 35.5. The smallest absolute Gasteiger partial charge is 0.345 e. The molecule has 1 aliphatic rings. The van der Waals surface area contributed by atoms with E-state index >= 15 is 0 Å². The molecule has 28 heavy (non-hydrogen) atoms. The zero-order valence-electron chi connectivity index (χ0n) is 15.2. The molecule has 0 spiro atoms. The first-order valence-corrected chi connectivity index (χ1v) is 9.89. The number of nitrogens with zero attached hydrogens (tertiary/aromatic N) is 1. The summed E-state index contributed by atoms with van der Waals surface area (Å²) in [5.74, 6) is -0.238. The Kier molecular flexibility index (Phi) is 7.06. The molecule has 1 N–H and O–H groups in total. The van der Waals surface area contributed by atoms with E-state index in [9.17, 15) is 9.59 Å². The fraction of sp³-hybridized carbons (Fsp3) is 0.286. The van der Waals surface area contributed by atoms with Crippen LogP contribution in [-0.4, -0.2) is 18.1 Å². The number of nitrogens with one attached hydrogen (secondary N) is 1. The van der Waals surface area contributed by atoms with Gasteiger partial charge < -0.3 is 4.74 Å². The summed E-state index contributed by atoms with van der Waals surface area (Å²) in [7, 11) is 0. The van der Waals surface area contributed by atoms with Crippen molar-refractivity contribution in [2.24, 2.45) is 11.0 Å². The van der Waals surface area contributed by atoms with Gasteiger partial charge in [-0.15, -0.1) is 0 Å². The van der Waals surface area contributed by atoms with E-state index in [2.05, 4.69) is 10.5 Å². The van der Waals surface area contributed by atoms with Crippen molar-refractivity contribution in [1.82, 2.24) is 5.43 Å². The van der Waals surface area contributed by atoms with Gasteiger partial charge in [0.2, 0.25) is 5.91 Å². The minimum atomic E-state index is -0.582. The van der Waals surface area contributed by atoms with Gasteiger partial charge in [0, 0.05) is 10.9 Å². The van der Waals surface area contributed by atoms with Gasteiger partial charge in [-0.1, -0.05) is 54.6 Å². The molecule has 0 aromatic heterocycles. The highest BCUT2D eigenvalue weighted by Crippen LogP contribution is 2.24. The number of rotatable bonds is 5. The van der Waals surface area contributed by atoms with Crippen LogP contribution < -0.4 is 10.2 Å². The van der Waals surface area contributed by atoms with E-state index in [1.54, 1.807) is 30.3 Å². The monoisotopic (exact) mass is 418 g/mol. The van der Waals surface area contributed by atoms with E-state index in [4.69, 9.17) is 27.9 Å². The predicted octanol–water partition coefficient (Wildman–Crippen LogP) is 5.24. The van der Waals surface area contributed by atoms with Gasteiger partial charge in [-0.25, -0.2) is 10.2 Å². The maximum atomic E-state index is 12.3. The molecular formula is C21H20Cl2N2O3. The molecule has 7 heteroatoms. The van der Waals surface area contributed by atoms with Gasteiger partial charge in [0.1, 0.15) is 5.75 Å². The molecule has 0 heterocycles. The number of amides is 1. The number of hydrogen-bond donors (Lipinski definition) is 1. The molecule has 0 atom stereocenters. The maximum Gasteiger partial charge on any atom is 0.345 e. The summed E-state index contributed by atoms with van der Waals surface area (Å²) in [6, 6.07) is 11.4. The van der Waals surface area contributed by atoms with Crippen molar-refractivity contribution in [2.75, 3.05) is 0 Å². The predicted molar refractivity (Wildman–Crippen MR) is 110 cm³/mol. The van der Waals surface area contributed by atoms with Crippen LogP contribution in [0.15, 0.2) is 47.6 Å². The van der Waals surface area contributed by atoms with Crippen molar-refractivity contribution in [1.29, 1.82) is 0 Å². The summed E-state index contributed by atoms with van der Waals surface area (Å²) in [5.41, 5.74) is 3.51. The molecule has 146 valence electrons. The van der Waals surface area contributed by atoms with Crippen LogP contribution in [0.4, 0.5) is 0 Å². The number of carbonyl (C=O) groups is 2. The second-order valence-corrected chi connectivity index (χ2v) is 7.50. The van der Waals surface area contributed by atoms with E-state index in [0.29, 0.717) is 16.3 Å². The summed E-state index contributed by atoms with van der Waals surface area (Å²) in [5, 5.41) is 4.68. The van der Waals surface area contributed by atoms with Crippen LogP contribution >= 0.6 is 23.2 Å². The lowest BCUT2D eigenvalue weighted by atomic mass is 9.89. The summed E-state index contributed by atoms with van der Waals surface area (Å²) in [6.45, 7) is 0. The van der Waals surface area contributed by atoms with Crippen molar-refractivity contribution in [2.45, 2.75) is 32.1 Å². The van der Waals surface area contributed by atoms with E-state index in [-0.39, 0.29) is 22.4 Å². The molecule has 0 saturated heterocycles. The molecule has 0 unspecified atom stereocenters. The van der Waals surface area contributed by atoms with Gasteiger partial charge in [-0.3, -0.25) is 4.79 Å². The summed E-state index contributed by atoms with van der Waals surface area (Å²) < 4.78 is 5.37. The molecule has 0 aliphatic heterocycles. The average molecular weight is 419 g/mol. The SMILES string of the molecule is O=C(Oc1cccc(/C=N\NC(=O)C2CCCCC2)c1)c1ccc(Cl)cc1Cl. The van der Waals surface area contributed by atoms with E-state index < -0.39 is 5.97 Å². The Morgan fingerprint density at radius 2 is 1.86 bits per heavy atom. The molecule has 1 fully saturated rings. The third-order valence-electron chi connectivity index (χ3n) is 4.58. The van der Waals surface area contributed by atoms with Gasteiger partial charge in [0.15, 0.2) is 0 Å². The zero-order chi connectivity index (χ0) is 19.9. The number of benzene rings is 2. The van der Waals surface area contributed by atoms with Gasteiger partial charge in [0.05, 0.1) is 16.8 Å². The maximum absolute atomic E-state index is 12.3.